The van der Waals surface area contributed by atoms with Crippen LogP contribution in [0.5, 0.6) is 5.75 Å². The van der Waals surface area contributed by atoms with Crippen molar-refractivity contribution in [2.45, 2.75) is 37.8 Å². The highest BCUT2D eigenvalue weighted by Crippen LogP contribution is 2.37. The lowest BCUT2D eigenvalue weighted by atomic mass is 9.76. The van der Waals surface area contributed by atoms with E-state index in [2.05, 4.69) is 10.3 Å². The lowest BCUT2D eigenvalue weighted by Crippen LogP contribution is -2.41. The van der Waals surface area contributed by atoms with Gasteiger partial charge < -0.3 is 15.2 Å². The number of methoxy groups -OCH3 is 1. The van der Waals surface area contributed by atoms with Gasteiger partial charge in [0.25, 0.3) is 0 Å². The summed E-state index contributed by atoms with van der Waals surface area (Å²) in [5.74, 6) is 1.04. The molecule has 3 rings (SSSR count). The predicted octanol–water partition coefficient (Wildman–Crippen LogP) is 2.65. The number of nitrogens with zero attached hydrogens (tertiary/aromatic N) is 1. The molecule has 0 saturated heterocycles. The molecule has 1 heterocycles. The van der Waals surface area contributed by atoms with Gasteiger partial charge in [-0.15, -0.1) is 0 Å². The van der Waals surface area contributed by atoms with Crippen LogP contribution in [0.25, 0.3) is 0 Å². The average Bonchev–Trinajstić information content (AvgIpc) is 2.63. The first-order valence-electron chi connectivity index (χ1n) is 8.67. The Balaban J connectivity index is 1.60. The Labute approximate surface area is 148 Å². The smallest absolute Gasteiger partial charge is 0.220 e. The molecule has 0 bridgehead atoms. The Hall–Kier alpha value is -2.40. The minimum Gasteiger partial charge on any atom is -0.497 e. The van der Waals surface area contributed by atoms with E-state index in [0.717, 1.165) is 17.0 Å². The number of aliphatic hydroxyl groups excluding tert-OH is 1. The molecular formula is C20H24N2O3. The van der Waals surface area contributed by atoms with Crippen LogP contribution in [0.3, 0.4) is 0 Å². The summed E-state index contributed by atoms with van der Waals surface area (Å²) < 4.78 is 5.22. The van der Waals surface area contributed by atoms with Crippen molar-refractivity contribution in [3.8, 4) is 5.75 Å². The molecule has 2 aromatic rings. The number of benzene rings is 1. The zero-order valence-electron chi connectivity index (χ0n) is 14.4. The van der Waals surface area contributed by atoms with E-state index in [9.17, 15) is 9.90 Å². The highest BCUT2D eigenvalue weighted by Gasteiger charge is 2.36. The van der Waals surface area contributed by atoms with Crippen molar-refractivity contribution in [1.29, 1.82) is 0 Å². The van der Waals surface area contributed by atoms with Gasteiger partial charge in [0.1, 0.15) is 5.75 Å². The van der Waals surface area contributed by atoms with Crippen LogP contribution in [0.15, 0.2) is 48.7 Å². The average molecular weight is 340 g/mol. The number of aryl methyl sites for hydroxylation is 1. The van der Waals surface area contributed by atoms with Gasteiger partial charge in [-0.1, -0.05) is 18.2 Å². The minimum absolute atomic E-state index is 0.000127. The zero-order chi connectivity index (χ0) is 17.6. The largest absolute Gasteiger partial charge is 0.497 e. The van der Waals surface area contributed by atoms with Crippen LogP contribution in [-0.4, -0.2) is 29.2 Å². The topological polar surface area (TPSA) is 71.5 Å². The summed E-state index contributed by atoms with van der Waals surface area (Å²) in [5, 5.41) is 12.7. The third kappa shape index (κ3) is 4.57. The van der Waals surface area contributed by atoms with E-state index in [-0.39, 0.29) is 24.0 Å². The fourth-order valence-corrected chi connectivity index (χ4v) is 3.23. The molecule has 1 amide bonds. The van der Waals surface area contributed by atoms with E-state index in [1.807, 2.05) is 42.5 Å². The van der Waals surface area contributed by atoms with Crippen LogP contribution in [0, 0.1) is 5.92 Å². The standard InChI is InChI=1S/C20H24N2O3/c1-25-17-6-4-5-14(11-17)8-9-19(24)22-20(15-12-16(23)13-15)18-7-2-3-10-21-18/h2-7,10-11,15-16,20,23H,8-9,12-13H2,1H3,(H,22,24)/t15?,16?,20-/m1/s1. The number of rotatable bonds is 7. The molecule has 25 heavy (non-hydrogen) atoms. The molecule has 0 spiro atoms. The maximum Gasteiger partial charge on any atom is 0.220 e. The van der Waals surface area contributed by atoms with Crippen molar-refractivity contribution in [3.63, 3.8) is 0 Å². The second kappa shape index (κ2) is 8.12. The maximum atomic E-state index is 12.4. The Kier molecular flexibility index (Phi) is 5.66. The van der Waals surface area contributed by atoms with E-state index < -0.39 is 0 Å². The third-order valence-electron chi connectivity index (χ3n) is 4.72. The summed E-state index contributed by atoms with van der Waals surface area (Å²) in [6.07, 6.45) is 3.95. The minimum atomic E-state index is -0.259. The van der Waals surface area contributed by atoms with Crippen molar-refractivity contribution < 1.29 is 14.6 Å². The van der Waals surface area contributed by atoms with Gasteiger partial charge in [-0.25, -0.2) is 0 Å². The number of carbonyl (C=O) groups excluding carboxylic acids is 1. The normalized spacial score (nSPS) is 20.4. The first kappa shape index (κ1) is 17.4. The van der Waals surface area contributed by atoms with Crippen molar-refractivity contribution in [1.82, 2.24) is 10.3 Å². The zero-order valence-corrected chi connectivity index (χ0v) is 14.4. The Morgan fingerprint density at radius 3 is 2.84 bits per heavy atom. The summed E-state index contributed by atoms with van der Waals surface area (Å²) in [7, 11) is 1.64. The molecule has 5 nitrogen and oxygen atoms in total. The van der Waals surface area contributed by atoms with Crippen molar-refractivity contribution in [3.05, 3.63) is 59.9 Å². The van der Waals surface area contributed by atoms with Crippen LogP contribution in [0.4, 0.5) is 0 Å². The molecule has 1 aromatic heterocycles. The Bertz CT molecular complexity index is 699. The summed E-state index contributed by atoms with van der Waals surface area (Å²) in [6, 6.07) is 13.3. The van der Waals surface area contributed by atoms with Gasteiger partial charge in [-0.3, -0.25) is 9.78 Å². The van der Waals surface area contributed by atoms with E-state index >= 15 is 0 Å². The summed E-state index contributed by atoms with van der Waals surface area (Å²) in [4.78, 5) is 16.8. The van der Waals surface area contributed by atoms with Crippen molar-refractivity contribution in [2.75, 3.05) is 7.11 Å². The fourth-order valence-electron chi connectivity index (χ4n) is 3.23. The van der Waals surface area contributed by atoms with E-state index in [0.29, 0.717) is 25.7 Å². The van der Waals surface area contributed by atoms with Gasteiger partial charge in [0.05, 0.1) is 24.9 Å². The van der Waals surface area contributed by atoms with Crippen molar-refractivity contribution >= 4 is 5.91 Å². The molecule has 1 aliphatic carbocycles. The van der Waals surface area contributed by atoms with Gasteiger partial charge in [0, 0.05) is 12.6 Å². The summed E-state index contributed by atoms with van der Waals surface area (Å²) in [6.45, 7) is 0. The second-order valence-corrected chi connectivity index (χ2v) is 6.54. The third-order valence-corrected chi connectivity index (χ3v) is 4.72. The molecule has 1 aromatic carbocycles. The summed E-state index contributed by atoms with van der Waals surface area (Å²) >= 11 is 0. The molecule has 1 saturated carbocycles. The molecular weight excluding hydrogens is 316 g/mol. The molecule has 1 atom stereocenters. The van der Waals surface area contributed by atoms with E-state index in [1.165, 1.54) is 0 Å². The Morgan fingerprint density at radius 2 is 2.16 bits per heavy atom. The SMILES string of the molecule is COc1cccc(CCC(=O)N[C@@H](c2ccccn2)C2CC(O)C2)c1. The molecule has 0 unspecified atom stereocenters. The molecule has 2 N–H and O–H groups in total. The number of amides is 1. The number of nitrogens with one attached hydrogen (secondary N) is 1. The van der Waals surface area contributed by atoms with Crippen LogP contribution < -0.4 is 10.1 Å². The number of hydrogen-bond donors (Lipinski definition) is 2. The maximum absolute atomic E-state index is 12.4. The first-order chi connectivity index (χ1) is 12.2. The fraction of sp³-hybridized carbons (Fsp3) is 0.400. The van der Waals surface area contributed by atoms with Gasteiger partial charge in [-0.2, -0.15) is 0 Å². The quantitative estimate of drug-likeness (QED) is 0.813. The van der Waals surface area contributed by atoms with E-state index in [4.69, 9.17) is 4.74 Å². The number of aliphatic hydroxyl groups is 1. The predicted molar refractivity (Wildman–Crippen MR) is 95.2 cm³/mol. The highest BCUT2D eigenvalue weighted by molar-refractivity contribution is 5.76. The number of ether oxygens (including phenoxy) is 1. The number of hydrogen-bond acceptors (Lipinski definition) is 4. The summed E-state index contributed by atoms with van der Waals surface area (Å²) in [5.41, 5.74) is 1.93. The molecule has 1 fully saturated rings. The number of aromatic nitrogens is 1. The molecule has 0 radical (unpaired) electrons. The number of pyridine rings is 1. The van der Waals surface area contributed by atoms with Gasteiger partial charge in [0.2, 0.25) is 5.91 Å². The molecule has 5 heteroatoms. The molecule has 1 aliphatic rings. The van der Waals surface area contributed by atoms with Crippen molar-refractivity contribution in [2.24, 2.45) is 5.92 Å². The van der Waals surface area contributed by atoms with Crippen LogP contribution in [0.2, 0.25) is 0 Å². The van der Waals surface area contributed by atoms with Crippen LogP contribution >= 0.6 is 0 Å². The lowest BCUT2D eigenvalue weighted by molar-refractivity contribution is -0.123. The molecule has 132 valence electrons. The highest BCUT2D eigenvalue weighted by atomic mass is 16.5. The first-order valence-corrected chi connectivity index (χ1v) is 8.67. The Morgan fingerprint density at radius 1 is 1.32 bits per heavy atom. The van der Waals surface area contributed by atoms with Crippen LogP contribution in [0.1, 0.15) is 36.6 Å². The molecule has 0 aliphatic heterocycles. The van der Waals surface area contributed by atoms with E-state index in [1.54, 1.807) is 13.3 Å². The lowest BCUT2D eigenvalue weighted by Gasteiger charge is -2.37. The van der Waals surface area contributed by atoms with Gasteiger partial charge in [-0.05, 0) is 55.0 Å². The monoisotopic (exact) mass is 340 g/mol. The number of carbonyl (C=O) groups is 1. The second-order valence-electron chi connectivity index (χ2n) is 6.54. The van der Waals surface area contributed by atoms with Gasteiger partial charge in [0.15, 0.2) is 0 Å². The van der Waals surface area contributed by atoms with Crippen LogP contribution in [-0.2, 0) is 11.2 Å². The van der Waals surface area contributed by atoms with Gasteiger partial charge >= 0.3 is 0 Å².